The monoisotopic (exact) mass is 179 g/mol. The molecule has 0 rings (SSSR count). The molecular weight excluding hydrogens is 169 g/mol. The molecule has 0 aromatic rings. The Labute approximate surface area is 64.9 Å². The molecule has 0 aromatic heterocycles. The Morgan fingerprint density at radius 2 is 2.36 bits per heavy atom. The lowest BCUT2D eigenvalue weighted by Crippen LogP contribution is -2.30. The van der Waals surface area contributed by atoms with Crippen molar-refractivity contribution in [2.75, 3.05) is 6.35 Å². The van der Waals surface area contributed by atoms with E-state index in [4.69, 9.17) is 15.9 Å². The maximum Gasteiger partial charge on any atom is 0.320 e. The molecule has 6 heteroatoms. The Kier molecular flexibility index (Phi) is 4.98. The second-order valence-electron chi connectivity index (χ2n) is 1.92. The second-order valence-corrected chi connectivity index (χ2v) is 3.40. The predicted molar refractivity (Wildman–Crippen MR) is 40.3 cm³/mol. The third-order valence-corrected chi connectivity index (χ3v) is 1.92. The number of hydrogen-bond acceptors (Lipinski definition) is 4. The molecule has 0 aromatic carbocycles. The van der Waals surface area contributed by atoms with E-state index < -0.39 is 26.1 Å². The number of nitrogens with two attached hydrogens (primary N) is 1. The van der Waals surface area contributed by atoms with Gasteiger partial charge in [0.15, 0.2) is 6.35 Å². The summed E-state index contributed by atoms with van der Waals surface area (Å²) in [5.41, 5.74) is 5.08. The van der Waals surface area contributed by atoms with Crippen molar-refractivity contribution in [2.45, 2.75) is 12.5 Å². The highest BCUT2D eigenvalue weighted by Crippen LogP contribution is 2.06. The molecule has 0 spiro atoms. The average molecular weight is 179 g/mol. The summed E-state index contributed by atoms with van der Waals surface area (Å²) in [6.45, 7) is 0. The maximum absolute atomic E-state index is 10.5. The van der Waals surface area contributed by atoms with Crippen molar-refractivity contribution < 1.29 is 19.9 Å². The molecule has 5 nitrogen and oxygen atoms in total. The Bertz CT molecular complexity index is 170. The largest absolute Gasteiger partial charge is 0.629 e. The molecule has 0 heterocycles. The first-order valence-electron chi connectivity index (χ1n) is 2.94. The van der Waals surface area contributed by atoms with Gasteiger partial charge in [-0.1, -0.05) is 0 Å². The summed E-state index contributed by atoms with van der Waals surface area (Å²) in [5, 5.41) is 16.5. The molecule has 0 bridgehead atoms. The number of aliphatic hydroxyl groups excluding tert-OH is 1. The van der Waals surface area contributed by atoms with Gasteiger partial charge in [0.1, 0.15) is 6.04 Å². The van der Waals surface area contributed by atoms with Crippen LogP contribution in [0.15, 0.2) is 0 Å². The lowest BCUT2D eigenvalue weighted by atomic mass is 10.2. The second kappa shape index (κ2) is 5.21. The van der Waals surface area contributed by atoms with Crippen molar-refractivity contribution in [3.8, 4) is 0 Å². The summed E-state index contributed by atoms with van der Waals surface area (Å²) < 4.78 is 0. The number of carboxylic acids is 1. The van der Waals surface area contributed by atoms with Crippen LogP contribution in [-0.2, 0) is 4.79 Å². The van der Waals surface area contributed by atoms with Crippen LogP contribution in [0, 0.1) is 0 Å². The molecule has 0 radical (unpaired) electrons. The first kappa shape index (κ1) is 10.5. The quantitative estimate of drug-likeness (QED) is 0.446. The number of carbonyl (C=O) groups is 1. The van der Waals surface area contributed by atoms with Gasteiger partial charge in [0.2, 0.25) is 0 Å². The van der Waals surface area contributed by atoms with Crippen molar-refractivity contribution in [1.29, 1.82) is 0 Å². The average Bonchev–Trinajstić information content (AvgIpc) is 1.99. The molecule has 11 heavy (non-hydrogen) atoms. The minimum atomic E-state index is -1.80. The molecule has 64 valence electrons. The normalized spacial score (nSPS) is 14.6. The summed E-state index contributed by atoms with van der Waals surface area (Å²) in [5.74, 6) is 0.0799. The van der Waals surface area contributed by atoms with Crippen LogP contribution in [0.4, 0.5) is 0 Å². The predicted octanol–water partition coefficient (Wildman–Crippen LogP) is -1.70. The van der Waals surface area contributed by atoms with Gasteiger partial charge < -0.3 is 20.8 Å². The van der Waals surface area contributed by atoms with E-state index in [2.05, 4.69) is 0 Å². The number of carboxylic acid groups (broad SMARTS) is 1. The van der Waals surface area contributed by atoms with E-state index in [0.29, 0.717) is 0 Å². The fourth-order valence-electron chi connectivity index (χ4n) is 0.390. The Balaban J connectivity index is 3.78. The summed E-state index contributed by atoms with van der Waals surface area (Å²) in [4.78, 5) is 20.6. The van der Waals surface area contributed by atoms with Gasteiger partial charge in [0, 0.05) is 6.42 Å². The van der Waals surface area contributed by atoms with Gasteiger partial charge in [-0.05, 0) is 0 Å². The molecule has 0 aliphatic carbocycles. The van der Waals surface area contributed by atoms with Crippen molar-refractivity contribution in [3.05, 3.63) is 0 Å². The lowest BCUT2D eigenvalue weighted by Gasteiger charge is -1.99. The highest BCUT2D eigenvalue weighted by atomic mass is 31.1. The number of rotatable bonds is 4. The first-order valence-corrected chi connectivity index (χ1v) is 4.45. The number of aliphatic hydroxyl groups is 1. The Morgan fingerprint density at radius 3 is 2.73 bits per heavy atom. The van der Waals surface area contributed by atoms with Gasteiger partial charge in [-0.3, -0.25) is 4.79 Å². The molecule has 0 fully saturated rings. The van der Waals surface area contributed by atoms with Crippen LogP contribution >= 0.6 is 7.77 Å². The van der Waals surface area contributed by atoms with E-state index in [1.54, 1.807) is 0 Å². The topological polar surface area (TPSA) is 107 Å². The van der Waals surface area contributed by atoms with Crippen LogP contribution in [0.3, 0.4) is 0 Å². The smallest absolute Gasteiger partial charge is 0.320 e. The molecule has 0 amide bonds. The highest BCUT2D eigenvalue weighted by molar-refractivity contribution is 7.49. The van der Waals surface area contributed by atoms with Gasteiger partial charge in [-0.25, -0.2) is 0 Å². The van der Waals surface area contributed by atoms with Gasteiger partial charge in [0.05, 0.1) is 13.6 Å². The summed E-state index contributed by atoms with van der Waals surface area (Å²) >= 11 is 0. The van der Waals surface area contributed by atoms with Crippen LogP contribution in [0.1, 0.15) is 6.42 Å². The van der Waals surface area contributed by atoms with E-state index in [1.165, 1.54) is 5.80 Å². The zero-order valence-electron chi connectivity index (χ0n) is 5.80. The molecule has 4 N–H and O–H groups in total. The van der Waals surface area contributed by atoms with Gasteiger partial charge in [-0.2, -0.15) is 0 Å². The third-order valence-electron chi connectivity index (χ3n) is 1.02. The Hall–Kier alpha value is -0.480. The van der Waals surface area contributed by atoms with E-state index in [9.17, 15) is 9.69 Å². The van der Waals surface area contributed by atoms with Gasteiger partial charge >= 0.3 is 5.97 Å². The van der Waals surface area contributed by atoms with Crippen LogP contribution in [0.25, 0.3) is 0 Å². The van der Waals surface area contributed by atoms with Crippen molar-refractivity contribution in [3.63, 3.8) is 0 Å². The molecule has 0 aliphatic heterocycles. The molecule has 1 unspecified atom stereocenters. The van der Waals surface area contributed by atoms with Crippen molar-refractivity contribution >= 4 is 19.5 Å². The van der Waals surface area contributed by atoms with E-state index in [1.807, 2.05) is 0 Å². The van der Waals surface area contributed by atoms with Crippen molar-refractivity contribution in [1.82, 2.24) is 0 Å². The fourth-order valence-corrected chi connectivity index (χ4v) is 0.967. The number of aliphatic carboxylic acids is 1. The third kappa shape index (κ3) is 4.86. The first-order chi connectivity index (χ1) is 5.07. The maximum atomic E-state index is 10.5. The molecule has 0 aliphatic rings. The van der Waals surface area contributed by atoms with Crippen LogP contribution in [0.5, 0.6) is 0 Å². The van der Waals surface area contributed by atoms with Crippen LogP contribution < -0.4 is 10.6 Å². The molecular formula is C5H10NO4P. The van der Waals surface area contributed by atoms with E-state index >= 15 is 0 Å². The highest BCUT2D eigenvalue weighted by Gasteiger charge is 2.10. The van der Waals surface area contributed by atoms with Crippen LogP contribution in [-0.4, -0.2) is 34.4 Å². The number of hydrogen-bond donors (Lipinski definition) is 3. The fraction of sp³-hybridized carbons (Fsp3) is 0.600. The van der Waals surface area contributed by atoms with Gasteiger partial charge in [-0.15, -0.1) is 0 Å². The van der Waals surface area contributed by atoms with Gasteiger partial charge in [0.25, 0.3) is 0 Å². The molecule has 2 atom stereocenters. The van der Waals surface area contributed by atoms with E-state index in [-0.39, 0.29) is 6.42 Å². The lowest BCUT2D eigenvalue weighted by molar-refractivity contribution is -0.155. The zero-order valence-corrected chi connectivity index (χ0v) is 6.70. The summed E-state index contributed by atoms with van der Waals surface area (Å²) in [6.07, 6.45) is -0.438. The SMILES string of the molecule is N[C@H](CC=[P+]([O-])CO)C(=O)O. The zero-order chi connectivity index (χ0) is 8.85. The minimum absolute atomic E-state index is 0.0189. The minimum Gasteiger partial charge on any atom is -0.629 e. The Morgan fingerprint density at radius 1 is 1.82 bits per heavy atom. The standard InChI is InChI=1S/C5H10NO4P/c6-4(5(8)9)1-2-11(10)3-7/h2,4,7H,1,3,6H2,(H,8,9)/t4-/m1/s1. The van der Waals surface area contributed by atoms with Crippen molar-refractivity contribution in [2.24, 2.45) is 5.73 Å². The molecule has 0 saturated carbocycles. The summed E-state index contributed by atoms with van der Waals surface area (Å²) in [6, 6.07) is -1.03. The van der Waals surface area contributed by atoms with E-state index in [0.717, 1.165) is 0 Å². The summed E-state index contributed by atoms with van der Waals surface area (Å²) in [7, 11) is -1.80. The molecule has 0 saturated heterocycles. The van der Waals surface area contributed by atoms with Crippen LogP contribution in [0.2, 0.25) is 0 Å².